The van der Waals surface area contributed by atoms with Gasteiger partial charge in [0, 0.05) is 17.6 Å². The molecule has 0 saturated carbocycles. The van der Waals surface area contributed by atoms with E-state index in [1.54, 1.807) is 22.5 Å². The topological polar surface area (TPSA) is 49.4 Å². The molecule has 22 heavy (non-hydrogen) atoms. The normalized spacial score (nSPS) is 17.2. The van der Waals surface area contributed by atoms with Gasteiger partial charge >= 0.3 is 0 Å². The van der Waals surface area contributed by atoms with Gasteiger partial charge in [-0.1, -0.05) is 22.9 Å². The number of hydrogen-bond acceptors (Lipinski definition) is 3. The van der Waals surface area contributed by atoms with Crippen LogP contribution in [0.2, 0.25) is 0 Å². The molecule has 1 aromatic rings. The molecule has 126 valence electrons. The molecule has 0 bridgehead atoms. The van der Waals surface area contributed by atoms with Gasteiger partial charge in [-0.3, -0.25) is 0 Å². The van der Waals surface area contributed by atoms with E-state index >= 15 is 0 Å². The summed E-state index contributed by atoms with van der Waals surface area (Å²) in [6, 6.07) is 5.22. The summed E-state index contributed by atoms with van der Waals surface area (Å²) in [7, 11) is -3.35. The van der Waals surface area contributed by atoms with E-state index in [2.05, 4.69) is 28.2 Å². The Kier molecular flexibility index (Phi) is 7.82. The zero-order valence-corrected chi connectivity index (χ0v) is 16.2. The number of hydrogen-bond donors (Lipinski definition) is 1. The molecule has 0 radical (unpaired) electrons. The second-order valence-corrected chi connectivity index (χ2v) is 8.36. The number of rotatable bonds is 5. The maximum Gasteiger partial charge on any atom is 0.243 e. The van der Waals surface area contributed by atoms with Crippen molar-refractivity contribution in [3.63, 3.8) is 0 Å². The molecule has 0 spiro atoms. The molecule has 1 aliphatic rings. The molecule has 7 heteroatoms. The van der Waals surface area contributed by atoms with Gasteiger partial charge in [0.1, 0.15) is 0 Å². The van der Waals surface area contributed by atoms with E-state index in [-0.39, 0.29) is 12.4 Å². The van der Waals surface area contributed by atoms with Gasteiger partial charge in [0.05, 0.1) is 4.90 Å². The Balaban J connectivity index is 0.00000242. The van der Waals surface area contributed by atoms with E-state index in [0.29, 0.717) is 23.9 Å². The van der Waals surface area contributed by atoms with Crippen molar-refractivity contribution in [3.05, 3.63) is 28.2 Å². The summed E-state index contributed by atoms with van der Waals surface area (Å²) in [5.41, 5.74) is 0.943. The Morgan fingerprint density at radius 3 is 2.50 bits per heavy atom. The van der Waals surface area contributed by atoms with Gasteiger partial charge in [-0.2, -0.15) is 4.31 Å². The third kappa shape index (κ3) is 4.68. The van der Waals surface area contributed by atoms with Crippen molar-refractivity contribution in [1.29, 1.82) is 0 Å². The number of aryl methyl sites for hydroxylation is 1. The minimum atomic E-state index is -3.35. The van der Waals surface area contributed by atoms with Gasteiger partial charge in [-0.15, -0.1) is 12.4 Å². The number of piperidine rings is 1. The van der Waals surface area contributed by atoms with Gasteiger partial charge in [-0.05, 0) is 62.5 Å². The summed E-state index contributed by atoms with van der Waals surface area (Å²) in [5.74, 6) is 0.586. The lowest BCUT2D eigenvalue weighted by atomic mass is 9.98. The van der Waals surface area contributed by atoms with Crippen LogP contribution in [0.3, 0.4) is 0 Å². The number of nitrogens with zero attached hydrogens (tertiary/aromatic N) is 1. The van der Waals surface area contributed by atoms with Gasteiger partial charge in [0.15, 0.2) is 0 Å². The summed E-state index contributed by atoms with van der Waals surface area (Å²) >= 11 is 3.41. The van der Waals surface area contributed by atoms with Crippen LogP contribution in [0.5, 0.6) is 0 Å². The molecule has 0 aromatic heterocycles. The molecule has 4 nitrogen and oxygen atoms in total. The Bertz CT molecular complexity index is 587. The third-order valence-corrected chi connectivity index (χ3v) is 6.81. The Hall–Kier alpha value is -0.140. The quantitative estimate of drug-likeness (QED) is 0.809. The van der Waals surface area contributed by atoms with Crippen LogP contribution in [0.25, 0.3) is 0 Å². The summed E-state index contributed by atoms with van der Waals surface area (Å²) in [5, 5.41) is 3.34. The fourth-order valence-electron chi connectivity index (χ4n) is 2.63. The highest BCUT2D eigenvalue weighted by Gasteiger charge is 2.29. The first kappa shape index (κ1) is 19.9. The Labute approximate surface area is 148 Å². The van der Waals surface area contributed by atoms with Crippen molar-refractivity contribution in [2.24, 2.45) is 5.92 Å². The monoisotopic (exact) mass is 410 g/mol. The maximum atomic E-state index is 12.7. The first-order valence-corrected chi connectivity index (χ1v) is 9.65. The number of halogens is 2. The van der Waals surface area contributed by atoms with Crippen molar-refractivity contribution < 1.29 is 8.42 Å². The second-order valence-electron chi connectivity index (χ2n) is 5.57. The molecule has 1 N–H and O–H groups in total. The van der Waals surface area contributed by atoms with E-state index in [4.69, 9.17) is 0 Å². The van der Waals surface area contributed by atoms with Crippen LogP contribution in [0.4, 0.5) is 0 Å². The van der Waals surface area contributed by atoms with Crippen molar-refractivity contribution >= 4 is 38.4 Å². The van der Waals surface area contributed by atoms with Gasteiger partial charge in [0.25, 0.3) is 0 Å². The lowest BCUT2D eigenvalue weighted by molar-refractivity contribution is 0.268. The summed E-state index contributed by atoms with van der Waals surface area (Å²) in [4.78, 5) is 0.397. The first-order chi connectivity index (χ1) is 9.95. The van der Waals surface area contributed by atoms with Crippen molar-refractivity contribution in [3.8, 4) is 0 Å². The molecule has 1 heterocycles. The van der Waals surface area contributed by atoms with Crippen LogP contribution in [-0.4, -0.2) is 38.9 Å². The van der Waals surface area contributed by atoms with Crippen LogP contribution < -0.4 is 5.32 Å². The average Bonchev–Trinajstić information content (AvgIpc) is 2.48. The molecule has 1 fully saturated rings. The van der Waals surface area contributed by atoms with Crippen molar-refractivity contribution in [2.75, 3.05) is 26.2 Å². The predicted octanol–water partition coefficient (Wildman–Crippen LogP) is 3.19. The van der Waals surface area contributed by atoms with Crippen molar-refractivity contribution in [2.45, 2.75) is 31.6 Å². The summed E-state index contributed by atoms with van der Waals surface area (Å²) in [6.07, 6.45) is 1.86. The number of benzene rings is 1. The molecule has 0 amide bonds. The molecule has 2 rings (SSSR count). The molecule has 1 aliphatic heterocycles. The standard InChI is InChI=1S/C15H23BrN2O2S.ClH/c1-3-17-11-13-6-8-18(9-7-13)21(19,20)14-4-5-15(16)12(2)10-14;/h4-5,10,13,17H,3,6-9,11H2,1-2H3;1H. The van der Waals surface area contributed by atoms with Crippen LogP contribution in [0.15, 0.2) is 27.6 Å². The smallest absolute Gasteiger partial charge is 0.243 e. The fraction of sp³-hybridized carbons (Fsp3) is 0.600. The van der Waals surface area contributed by atoms with Crippen LogP contribution >= 0.6 is 28.3 Å². The highest BCUT2D eigenvalue weighted by Crippen LogP contribution is 2.26. The number of sulfonamides is 1. The maximum absolute atomic E-state index is 12.7. The van der Waals surface area contributed by atoms with E-state index < -0.39 is 10.0 Å². The fourth-order valence-corrected chi connectivity index (χ4v) is 4.43. The van der Waals surface area contributed by atoms with E-state index in [1.165, 1.54) is 0 Å². The highest BCUT2D eigenvalue weighted by molar-refractivity contribution is 9.10. The lowest BCUT2D eigenvalue weighted by Gasteiger charge is -2.31. The van der Waals surface area contributed by atoms with Gasteiger partial charge in [0.2, 0.25) is 10.0 Å². The van der Waals surface area contributed by atoms with Gasteiger partial charge in [-0.25, -0.2) is 8.42 Å². The molecular weight excluding hydrogens is 388 g/mol. The largest absolute Gasteiger partial charge is 0.317 e. The van der Waals surface area contributed by atoms with Crippen molar-refractivity contribution in [1.82, 2.24) is 9.62 Å². The molecule has 0 aliphatic carbocycles. The van der Waals surface area contributed by atoms with Crippen LogP contribution in [0.1, 0.15) is 25.3 Å². The summed E-state index contributed by atoms with van der Waals surface area (Å²) < 4.78 is 27.9. The first-order valence-electron chi connectivity index (χ1n) is 7.42. The Morgan fingerprint density at radius 2 is 1.95 bits per heavy atom. The number of nitrogens with one attached hydrogen (secondary N) is 1. The second kappa shape index (κ2) is 8.64. The molecular formula is C15H24BrClN2O2S. The van der Waals surface area contributed by atoms with E-state index in [0.717, 1.165) is 36.0 Å². The minimum absolute atomic E-state index is 0. The van der Waals surface area contributed by atoms with E-state index in [9.17, 15) is 8.42 Å². The zero-order valence-electron chi connectivity index (χ0n) is 13.0. The summed E-state index contributed by atoms with van der Waals surface area (Å²) in [6.45, 7) is 7.20. The molecule has 1 saturated heterocycles. The molecule has 0 unspecified atom stereocenters. The highest BCUT2D eigenvalue weighted by atomic mass is 79.9. The SMILES string of the molecule is CCNCC1CCN(S(=O)(=O)c2ccc(Br)c(C)c2)CC1.Cl. The lowest BCUT2D eigenvalue weighted by Crippen LogP contribution is -2.40. The molecule has 0 atom stereocenters. The molecule has 1 aromatic carbocycles. The third-order valence-electron chi connectivity index (χ3n) is 4.02. The Morgan fingerprint density at radius 1 is 1.32 bits per heavy atom. The van der Waals surface area contributed by atoms with E-state index in [1.807, 2.05) is 6.92 Å². The van der Waals surface area contributed by atoms with Crippen LogP contribution in [0, 0.1) is 12.8 Å². The minimum Gasteiger partial charge on any atom is -0.317 e. The predicted molar refractivity (Wildman–Crippen MR) is 96.2 cm³/mol. The zero-order chi connectivity index (χ0) is 15.5. The van der Waals surface area contributed by atoms with Gasteiger partial charge < -0.3 is 5.32 Å². The average molecular weight is 412 g/mol. The van der Waals surface area contributed by atoms with Crippen LogP contribution in [-0.2, 0) is 10.0 Å².